The van der Waals surface area contributed by atoms with Gasteiger partial charge in [0, 0.05) is 19.0 Å². The molecule has 1 heterocycles. The maximum atomic E-state index is 11.7. The van der Waals surface area contributed by atoms with Crippen LogP contribution in [0.1, 0.15) is 38.5 Å². The third-order valence-corrected chi connectivity index (χ3v) is 3.52. The van der Waals surface area contributed by atoms with Gasteiger partial charge < -0.3 is 10.6 Å². The Kier molecular flexibility index (Phi) is 4.40. The van der Waals surface area contributed by atoms with Crippen molar-refractivity contribution in [3.63, 3.8) is 0 Å². The van der Waals surface area contributed by atoms with Gasteiger partial charge in [0.05, 0.1) is 0 Å². The van der Waals surface area contributed by atoms with E-state index >= 15 is 0 Å². The van der Waals surface area contributed by atoms with Gasteiger partial charge in [-0.15, -0.1) is 0 Å². The third kappa shape index (κ3) is 3.63. The van der Waals surface area contributed by atoms with Crippen molar-refractivity contribution in [2.24, 2.45) is 5.92 Å². The largest absolute Gasteiger partial charge is 0.355 e. The average molecular weight is 222 g/mol. The first-order valence-electron chi connectivity index (χ1n) is 6.51. The summed E-state index contributed by atoms with van der Waals surface area (Å²) in [6, 6.07) is 0.497. The quantitative estimate of drug-likeness (QED) is 0.709. The van der Waals surface area contributed by atoms with Crippen molar-refractivity contribution in [2.75, 3.05) is 13.1 Å². The van der Waals surface area contributed by atoms with Gasteiger partial charge in [0.1, 0.15) is 0 Å². The fraction of sp³-hybridized carbons (Fsp3) is 0.769. The summed E-state index contributed by atoms with van der Waals surface area (Å²) in [5.74, 6) is 0.697. The van der Waals surface area contributed by atoms with Crippen LogP contribution >= 0.6 is 0 Å². The van der Waals surface area contributed by atoms with Gasteiger partial charge in [0.2, 0.25) is 5.91 Å². The van der Waals surface area contributed by atoms with Crippen LogP contribution < -0.4 is 10.6 Å². The summed E-state index contributed by atoms with van der Waals surface area (Å²) in [7, 11) is 0. The molecule has 3 nitrogen and oxygen atoms in total. The summed E-state index contributed by atoms with van der Waals surface area (Å²) in [5, 5.41) is 6.48. The van der Waals surface area contributed by atoms with Gasteiger partial charge in [-0.2, -0.15) is 0 Å². The van der Waals surface area contributed by atoms with Gasteiger partial charge in [0.15, 0.2) is 0 Å². The molecule has 2 atom stereocenters. The first kappa shape index (κ1) is 11.6. The molecule has 0 radical (unpaired) electrons. The van der Waals surface area contributed by atoms with Crippen LogP contribution in [0.4, 0.5) is 0 Å². The standard InChI is InChI=1S/C13H22N2O/c16-13(9-11-5-1-2-6-11)15-10-12-7-3-4-8-14-12/h1,5,11-12,14H,2-4,6-10H2,(H,15,16). The molecule has 1 amide bonds. The van der Waals surface area contributed by atoms with E-state index in [-0.39, 0.29) is 5.91 Å². The Balaban J connectivity index is 1.61. The van der Waals surface area contributed by atoms with Crippen molar-refractivity contribution < 1.29 is 4.79 Å². The number of allylic oxidation sites excluding steroid dienone is 2. The Labute approximate surface area is 97.7 Å². The molecule has 3 heteroatoms. The molecular formula is C13H22N2O. The second-order valence-electron chi connectivity index (χ2n) is 4.92. The molecule has 0 aromatic carbocycles. The Morgan fingerprint density at radius 1 is 1.38 bits per heavy atom. The van der Waals surface area contributed by atoms with Gasteiger partial charge in [-0.05, 0) is 38.1 Å². The van der Waals surface area contributed by atoms with E-state index in [0.29, 0.717) is 18.4 Å². The van der Waals surface area contributed by atoms with E-state index in [2.05, 4.69) is 22.8 Å². The molecule has 0 bridgehead atoms. The molecule has 2 N–H and O–H groups in total. The monoisotopic (exact) mass is 222 g/mol. The minimum Gasteiger partial charge on any atom is -0.355 e. The first-order chi connectivity index (χ1) is 7.84. The molecule has 1 fully saturated rings. The molecule has 1 saturated heterocycles. The van der Waals surface area contributed by atoms with Crippen molar-refractivity contribution >= 4 is 5.91 Å². The normalized spacial score (nSPS) is 29.2. The molecule has 1 aliphatic carbocycles. The third-order valence-electron chi connectivity index (χ3n) is 3.52. The summed E-state index contributed by atoms with van der Waals surface area (Å²) >= 11 is 0. The van der Waals surface area contributed by atoms with Crippen LogP contribution in [0.5, 0.6) is 0 Å². The van der Waals surface area contributed by atoms with E-state index in [1.54, 1.807) is 0 Å². The summed E-state index contributed by atoms with van der Waals surface area (Å²) in [6.45, 7) is 1.90. The highest BCUT2D eigenvalue weighted by atomic mass is 16.1. The van der Waals surface area contributed by atoms with Crippen LogP contribution in [0, 0.1) is 5.92 Å². The highest BCUT2D eigenvalue weighted by Gasteiger charge is 2.16. The van der Waals surface area contributed by atoms with E-state index in [1.807, 2.05) is 0 Å². The highest BCUT2D eigenvalue weighted by Crippen LogP contribution is 2.19. The zero-order chi connectivity index (χ0) is 11.2. The Bertz CT molecular complexity index is 257. The lowest BCUT2D eigenvalue weighted by Crippen LogP contribution is -2.43. The molecular weight excluding hydrogens is 200 g/mol. The number of hydrogen-bond donors (Lipinski definition) is 2. The van der Waals surface area contributed by atoms with Crippen molar-refractivity contribution in [3.8, 4) is 0 Å². The molecule has 1 aliphatic heterocycles. The van der Waals surface area contributed by atoms with Crippen LogP contribution in [0.2, 0.25) is 0 Å². The number of rotatable bonds is 4. The van der Waals surface area contributed by atoms with Crippen LogP contribution in [0.25, 0.3) is 0 Å². The van der Waals surface area contributed by atoms with E-state index in [4.69, 9.17) is 0 Å². The number of hydrogen-bond acceptors (Lipinski definition) is 2. The highest BCUT2D eigenvalue weighted by molar-refractivity contribution is 5.76. The lowest BCUT2D eigenvalue weighted by atomic mass is 10.0. The fourth-order valence-corrected chi connectivity index (χ4v) is 2.51. The minimum absolute atomic E-state index is 0.212. The average Bonchev–Trinajstić information content (AvgIpc) is 2.81. The number of amides is 1. The molecule has 0 aromatic heterocycles. The van der Waals surface area contributed by atoms with E-state index in [9.17, 15) is 4.79 Å². The summed E-state index contributed by atoms with van der Waals surface area (Å²) in [6.07, 6.45) is 11.1. The number of carbonyl (C=O) groups excluding carboxylic acids is 1. The Morgan fingerprint density at radius 3 is 3.00 bits per heavy atom. The van der Waals surface area contributed by atoms with Gasteiger partial charge in [-0.3, -0.25) is 4.79 Å². The zero-order valence-electron chi connectivity index (χ0n) is 9.87. The second kappa shape index (κ2) is 6.04. The maximum Gasteiger partial charge on any atom is 0.220 e. The number of piperidine rings is 1. The van der Waals surface area contributed by atoms with Crippen molar-refractivity contribution in [1.82, 2.24) is 10.6 Å². The molecule has 0 saturated carbocycles. The van der Waals surface area contributed by atoms with Crippen LogP contribution in [-0.4, -0.2) is 25.0 Å². The lowest BCUT2D eigenvalue weighted by molar-refractivity contribution is -0.121. The van der Waals surface area contributed by atoms with Crippen molar-refractivity contribution in [3.05, 3.63) is 12.2 Å². The molecule has 90 valence electrons. The van der Waals surface area contributed by atoms with Gasteiger partial charge >= 0.3 is 0 Å². The molecule has 0 aromatic rings. The molecule has 2 rings (SSSR count). The van der Waals surface area contributed by atoms with Gasteiger partial charge in [-0.25, -0.2) is 0 Å². The smallest absolute Gasteiger partial charge is 0.220 e. The maximum absolute atomic E-state index is 11.7. The Hall–Kier alpha value is -0.830. The predicted molar refractivity (Wildman–Crippen MR) is 65.1 cm³/mol. The lowest BCUT2D eigenvalue weighted by Gasteiger charge is -2.23. The predicted octanol–water partition coefficient (Wildman–Crippen LogP) is 1.60. The van der Waals surface area contributed by atoms with Crippen LogP contribution in [0.15, 0.2) is 12.2 Å². The van der Waals surface area contributed by atoms with Gasteiger partial charge in [0.25, 0.3) is 0 Å². The molecule has 0 spiro atoms. The van der Waals surface area contributed by atoms with Gasteiger partial charge in [-0.1, -0.05) is 18.6 Å². The Morgan fingerprint density at radius 2 is 2.31 bits per heavy atom. The molecule has 2 unspecified atom stereocenters. The van der Waals surface area contributed by atoms with Crippen molar-refractivity contribution in [2.45, 2.75) is 44.6 Å². The number of nitrogens with one attached hydrogen (secondary N) is 2. The SMILES string of the molecule is O=C(CC1C=CCC1)NCC1CCCCN1. The van der Waals surface area contributed by atoms with E-state index < -0.39 is 0 Å². The van der Waals surface area contributed by atoms with Crippen LogP contribution in [-0.2, 0) is 4.79 Å². The first-order valence-corrected chi connectivity index (χ1v) is 6.51. The second-order valence-corrected chi connectivity index (χ2v) is 4.92. The zero-order valence-corrected chi connectivity index (χ0v) is 9.87. The summed E-state index contributed by atoms with van der Waals surface area (Å²) in [5.41, 5.74) is 0. The number of carbonyl (C=O) groups is 1. The summed E-state index contributed by atoms with van der Waals surface area (Å²) in [4.78, 5) is 11.7. The molecule has 16 heavy (non-hydrogen) atoms. The summed E-state index contributed by atoms with van der Waals surface area (Å²) < 4.78 is 0. The topological polar surface area (TPSA) is 41.1 Å². The van der Waals surface area contributed by atoms with E-state index in [1.165, 1.54) is 19.3 Å². The van der Waals surface area contributed by atoms with Crippen molar-refractivity contribution in [1.29, 1.82) is 0 Å². The van der Waals surface area contributed by atoms with E-state index in [0.717, 1.165) is 25.9 Å². The minimum atomic E-state index is 0.212. The van der Waals surface area contributed by atoms with Crippen LogP contribution in [0.3, 0.4) is 0 Å². The fourth-order valence-electron chi connectivity index (χ4n) is 2.51. The molecule has 2 aliphatic rings.